The van der Waals surface area contributed by atoms with Crippen LogP contribution < -0.4 is 5.73 Å². The third kappa shape index (κ3) is 3.15. The number of hydrogen-bond donors (Lipinski definition) is 2. The van der Waals surface area contributed by atoms with Gasteiger partial charge in [0, 0.05) is 48.9 Å². The van der Waals surface area contributed by atoms with Crippen molar-refractivity contribution in [2.24, 2.45) is 0 Å². The van der Waals surface area contributed by atoms with E-state index in [1.54, 1.807) is 25.5 Å². The lowest BCUT2D eigenvalue weighted by Gasteiger charge is -2.13. The lowest BCUT2D eigenvalue weighted by atomic mass is 10.0. The fourth-order valence-electron chi connectivity index (χ4n) is 3.25. The molecule has 28 heavy (non-hydrogen) atoms. The van der Waals surface area contributed by atoms with E-state index in [0.29, 0.717) is 35.7 Å². The Kier molecular flexibility index (Phi) is 4.21. The number of anilines is 1. The van der Waals surface area contributed by atoms with Crippen molar-refractivity contribution < 1.29 is 9.90 Å². The van der Waals surface area contributed by atoms with Gasteiger partial charge in [-0.25, -0.2) is 15.0 Å². The van der Waals surface area contributed by atoms with Crippen molar-refractivity contribution in [2.45, 2.75) is 18.9 Å². The smallest absolute Gasteiger partial charge is 0.267 e. The summed E-state index contributed by atoms with van der Waals surface area (Å²) >= 11 is 0. The van der Waals surface area contributed by atoms with Gasteiger partial charge in [0.15, 0.2) is 5.82 Å². The number of aliphatic hydroxyl groups is 1. The molecule has 7 nitrogen and oxygen atoms in total. The van der Waals surface area contributed by atoms with E-state index in [9.17, 15) is 9.90 Å². The Balaban J connectivity index is 1.74. The van der Waals surface area contributed by atoms with Crippen LogP contribution in [-0.4, -0.2) is 50.1 Å². The number of nitrogen functional groups attached to an aromatic ring is 1. The Bertz CT molecular complexity index is 1160. The Morgan fingerprint density at radius 1 is 1.29 bits per heavy atom. The number of fused-ring (bicyclic) bond motifs is 1. The molecule has 1 atom stereocenters. The van der Waals surface area contributed by atoms with Gasteiger partial charge in [-0.3, -0.25) is 4.79 Å². The van der Waals surface area contributed by atoms with Crippen LogP contribution in [0.3, 0.4) is 0 Å². The molecule has 1 amide bonds. The van der Waals surface area contributed by atoms with E-state index < -0.39 is 5.60 Å². The monoisotopic (exact) mass is 373 g/mol. The highest BCUT2D eigenvalue weighted by molar-refractivity contribution is 5.90. The maximum absolute atomic E-state index is 12.1. The van der Waals surface area contributed by atoms with Gasteiger partial charge in [0.05, 0.1) is 0 Å². The van der Waals surface area contributed by atoms with Crippen molar-refractivity contribution >= 4 is 22.6 Å². The second-order valence-electron chi connectivity index (χ2n) is 7.00. The number of carbonyl (C=O) groups is 1. The molecule has 0 aliphatic carbocycles. The summed E-state index contributed by atoms with van der Waals surface area (Å²) in [7, 11) is 1.66. The summed E-state index contributed by atoms with van der Waals surface area (Å²) in [5.74, 6) is 6.17. The van der Waals surface area contributed by atoms with E-state index in [0.717, 1.165) is 16.5 Å². The molecule has 1 aliphatic rings. The zero-order valence-electron chi connectivity index (χ0n) is 15.6. The number of nitrogens with two attached hydrogens (primary N) is 1. The van der Waals surface area contributed by atoms with Crippen molar-refractivity contribution in [3.63, 3.8) is 0 Å². The van der Waals surface area contributed by atoms with Crippen molar-refractivity contribution in [1.29, 1.82) is 0 Å². The summed E-state index contributed by atoms with van der Waals surface area (Å²) in [5.41, 5.74) is 7.31. The number of likely N-dealkylation sites (tertiary alicyclic amines) is 1. The normalized spacial score (nSPS) is 19.0. The molecule has 3 aromatic rings. The molecule has 0 saturated carbocycles. The van der Waals surface area contributed by atoms with E-state index in [4.69, 9.17) is 5.73 Å². The summed E-state index contributed by atoms with van der Waals surface area (Å²) in [4.78, 5) is 26.6. The van der Waals surface area contributed by atoms with Crippen molar-refractivity contribution in [1.82, 2.24) is 19.9 Å². The lowest BCUT2D eigenvalue weighted by molar-refractivity contribution is -0.137. The number of rotatable bonds is 1. The second-order valence-corrected chi connectivity index (χ2v) is 7.00. The fourth-order valence-corrected chi connectivity index (χ4v) is 3.25. The van der Waals surface area contributed by atoms with Gasteiger partial charge in [-0.2, -0.15) is 0 Å². The minimum Gasteiger partial charge on any atom is -0.382 e. The molecule has 7 heteroatoms. The Labute approximate surface area is 162 Å². The van der Waals surface area contributed by atoms with Crippen LogP contribution in [0.1, 0.15) is 17.5 Å². The molecule has 1 unspecified atom stereocenters. The third-order valence-corrected chi connectivity index (χ3v) is 4.79. The fraction of sp³-hybridized carbons (Fsp3) is 0.238. The molecule has 1 saturated heterocycles. The molecule has 2 aromatic heterocycles. The molecule has 0 radical (unpaired) electrons. The molecular formula is C21H19N5O2. The van der Waals surface area contributed by atoms with Crippen LogP contribution >= 0.6 is 0 Å². The van der Waals surface area contributed by atoms with Gasteiger partial charge in [-0.15, -0.1) is 0 Å². The van der Waals surface area contributed by atoms with E-state index >= 15 is 0 Å². The van der Waals surface area contributed by atoms with Crippen LogP contribution in [-0.2, 0) is 4.79 Å². The summed E-state index contributed by atoms with van der Waals surface area (Å²) in [6, 6.07) is 7.47. The number of amides is 1. The van der Waals surface area contributed by atoms with Gasteiger partial charge >= 0.3 is 0 Å². The van der Waals surface area contributed by atoms with Gasteiger partial charge in [0.25, 0.3) is 5.91 Å². The molecule has 4 rings (SSSR count). The zero-order chi connectivity index (χ0) is 19.9. The van der Waals surface area contributed by atoms with E-state index in [-0.39, 0.29) is 5.91 Å². The van der Waals surface area contributed by atoms with Crippen LogP contribution in [0.25, 0.3) is 22.3 Å². The average Bonchev–Trinajstić information content (AvgIpc) is 2.94. The minimum atomic E-state index is -1.63. The number of aromatic nitrogens is 3. The Morgan fingerprint density at radius 3 is 2.86 bits per heavy atom. The molecule has 0 bridgehead atoms. The van der Waals surface area contributed by atoms with E-state index in [1.807, 2.05) is 25.1 Å². The molecule has 3 heterocycles. The van der Waals surface area contributed by atoms with Gasteiger partial charge in [-0.1, -0.05) is 11.8 Å². The number of carbonyl (C=O) groups excluding carboxylic acids is 1. The molecule has 0 spiro atoms. The molecule has 1 aromatic carbocycles. The van der Waals surface area contributed by atoms with E-state index in [1.165, 1.54) is 4.90 Å². The molecular weight excluding hydrogens is 354 g/mol. The van der Waals surface area contributed by atoms with Gasteiger partial charge < -0.3 is 15.7 Å². The van der Waals surface area contributed by atoms with Gasteiger partial charge in [0.1, 0.15) is 11.3 Å². The first-order chi connectivity index (χ1) is 13.4. The summed E-state index contributed by atoms with van der Waals surface area (Å²) in [6.07, 6.45) is 3.63. The number of likely N-dealkylation sites (N-methyl/N-ethyl adjacent to an activating group) is 1. The summed E-state index contributed by atoms with van der Waals surface area (Å²) in [6.45, 7) is 2.43. The quantitative estimate of drug-likeness (QED) is 0.627. The first-order valence-corrected chi connectivity index (χ1v) is 8.86. The SMILES string of the molecule is Cc1cc(C#CC2(O)CCN(C)C2=O)cc(-c2ncc3ccnc(N)c3n2)c1. The first kappa shape index (κ1) is 17.9. The third-order valence-electron chi connectivity index (χ3n) is 4.79. The zero-order valence-corrected chi connectivity index (χ0v) is 15.6. The number of nitrogens with zero attached hydrogens (tertiary/aromatic N) is 4. The second kappa shape index (κ2) is 6.59. The van der Waals surface area contributed by atoms with Crippen molar-refractivity contribution in [2.75, 3.05) is 19.3 Å². The van der Waals surface area contributed by atoms with Crippen LogP contribution in [0.4, 0.5) is 5.82 Å². The first-order valence-electron chi connectivity index (χ1n) is 8.86. The molecule has 1 fully saturated rings. The minimum absolute atomic E-state index is 0.300. The van der Waals surface area contributed by atoms with Crippen molar-refractivity contribution in [3.8, 4) is 23.2 Å². The number of aryl methyl sites for hydroxylation is 1. The predicted molar refractivity (Wildman–Crippen MR) is 106 cm³/mol. The van der Waals surface area contributed by atoms with Crippen LogP contribution in [0.15, 0.2) is 36.7 Å². The van der Waals surface area contributed by atoms with Gasteiger partial charge in [0.2, 0.25) is 5.60 Å². The largest absolute Gasteiger partial charge is 0.382 e. The molecule has 3 N–H and O–H groups in total. The van der Waals surface area contributed by atoms with Crippen molar-refractivity contribution in [3.05, 3.63) is 47.8 Å². The van der Waals surface area contributed by atoms with Crippen LogP contribution in [0, 0.1) is 18.8 Å². The molecule has 140 valence electrons. The standard InChI is InChI=1S/C21H19N5O2/c1-13-9-14(3-5-21(28)6-8-26(2)20(21)27)11-16(10-13)19-24-12-15-4-7-23-18(22)17(15)25-19/h4,7,9-12,28H,6,8H2,1-2H3,(H2,22,23). The van der Waals surface area contributed by atoms with Gasteiger partial charge in [-0.05, 0) is 36.8 Å². The van der Waals surface area contributed by atoms with Crippen LogP contribution in [0.2, 0.25) is 0 Å². The summed E-state index contributed by atoms with van der Waals surface area (Å²) in [5, 5.41) is 11.3. The highest BCUT2D eigenvalue weighted by atomic mass is 16.3. The average molecular weight is 373 g/mol. The topological polar surface area (TPSA) is 105 Å². The number of pyridine rings is 1. The molecule has 1 aliphatic heterocycles. The van der Waals surface area contributed by atoms with E-state index in [2.05, 4.69) is 26.8 Å². The maximum atomic E-state index is 12.1. The predicted octanol–water partition coefficient (Wildman–Crippen LogP) is 1.53. The number of benzene rings is 1. The number of hydrogen-bond acceptors (Lipinski definition) is 6. The highest BCUT2D eigenvalue weighted by Gasteiger charge is 2.42. The Hall–Kier alpha value is -3.50. The Morgan fingerprint density at radius 2 is 2.11 bits per heavy atom. The lowest BCUT2D eigenvalue weighted by Crippen LogP contribution is -2.37. The van der Waals surface area contributed by atoms with Crippen LogP contribution in [0.5, 0.6) is 0 Å². The maximum Gasteiger partial charge on any atom is 0.267 e. The summed E-state index contributed by atoms with van der Waals surface area (Å²) < 4.78 is 0. The highest BCUT2D eigenvalue weighted by Crippen LogP contribution is 2.24.